The highest BCUT2D eigenvalue weighted by molar-refractivity contribution is 5.15. The van der Waals surface area contributed by atoms with Crippen LogP contribution in [0.25, 0.3) is 0 Å². The molecule has 0 spiro atoms. The third-order valence-electron chi connectivity index (χ3n) is 3.01. The fourth-order valence-corrected chi connectivity index (χ4v) is 1.98. The minimum absolute atomic E-state index is 0.0469. The number of halogens is 1. The van der Waals surface area contributed by atoms with E-state index in [-0.39, 0.29) is 6.42 Å². The Balaban J connectivity index is 2.30. The third-order valence-corrected chi connectivity index (χ3v) is 3.01. The van der Waals surface area contributed by atoms with Crippen LogP contribution in [0.15, 0.2) is 27.7 Å². The van der Waals surface area contributed by atoms with Crippen LogP contribution in [-0.2, 0) is 4.74 Å². The van der Waals surface area contributed by atoms with Gasteiger partial charge in [-0.1, -0.05) is 0 Å². The average molecular weight is 281 g/mol. The van der Waals surface area contributed by atoms with Crippen molar-refractivity contribution in [1.82, 2.24) is 9.55 Å². The number of H-pyrrole nitrogens is 1. The van der Waals surface area contributed by atoms with Crippen LogP contribution in [-0.4, -0.2) is 26.9 Å². The highest BCUT2D eigenvalue weighted by Crippen LogP contribution is 2.28. The molecular weight excluding hydrogens is 269 g/mol. The molecule has 0 unspecified atom stereocenters. The molecule has 1 aromatic rings. The minimum Gasteiger partial charge on any atom is -0.390 e. The molecule has 8 heteroatoms. The Morgan fingerprint density at radius 3 is 3.05 bits per heavy atom. The van der Waals surface area contributed by atoms with Gasteiger partial charge in [-0.2, -0.15) is 9.65 Å². The monoisotopic (exact) mass is 281 g/mol. The van der Waals surface area contributed by atoms with Gasteiger partial charge in [0.15, 0.2) is 5.83 Å². The first-order valence-electron chi connectivity index (χ1n) is 5.85. The third kappa shape index (κ3) is 2.68. The SMILES string of the molecule is Cc1cn([C@H]2C[C@H](O)[C@@H](C=C(F)C#N)O2)c(=O)[nH]c1=O. The largest absolute Gasteiger partial charge is 0.390 e. The highest BCUT2D eigenvalue weighted by atomic mass is 19.1. The Hall–Kier alpha value is -2.24. The van der Waals surface area contributed by atoms with Gasteiger partial charge in [0.25, 0.3) is 5.56 Å². The molecule has 1 saturated heterocycles. The molecule has 2 heterocycles. The lowest BCUT2D eigenvalue weighted by molar-refractivity contribution is 0.00400. The summed E-state index contributed by atoms with van der Waals surface area (Å²) in [4.78, 5) is 25.1. The number of aryl methyl sites for hydroxylation is 1. The maximum atomic E-state index is 12.9. The number of aliphatic hydroxyl groups excluding tert-OH is 1. The summed E-state index contributed by atoms with van der Waals surface area (Å²) in [5.74, 6) is -1.07. The first-order valence-corrected chi connectivity index (χ1v) is 5.85. The summed E-state index contributed by atoms with van der Waals surface area (Å²) in [6, 6.07) is 1.28. The second-order valence-electron chi connectivity index (χ2n) is 4.46. The first kappa shape index (κ1) is 14.2. The number of rotatable bonds is 2. The van der Waals surface area contributed by atoms with E-state index in [1.165, 1.54) is 19.2 Å². The van der Waals surface area contributed by atoms with Gasteiger partial charge in [-0.05, 0) is 13.0 Å². The van der Waals surface area contributed by atoms with Crippen LogP contribution in [0.2, 0.25) is 0 Å². The van der Waals surface area contributed by atoms with Gasteiger partial charge in [0.2, 0.25) is 0 Å². The molecule has 0 bridgehead atoms. The van der Waals surface area contributed by atoms with E-state index >= 15 is 0 Å². The van der Waals surface area contributed by atoms with Gasteiger partial charge in [-0.3, -0.25) is 14.3 Å². The van der Waals surface area contributed by atoms with E-state index in [2.05, 4.69) is 4.98 Å². The molecule has 0 saturated carbocycles. The minimum atomic E-state index is -1.07. The van der Waals surface area contributed by atoms with Gasteiger partial charge in [-0.25, -0.2) is 4.79 Å². The van der Waals surface area contributed by atoms with Gasteiger partial charge in [0.1, 0.15) is 18.4 Å². The Bertz CT molecular complexity index is 700. The van der Waals surface area contributed by atoms with Crippen LogP contribution in [0.1, 0.15) is 18.2 Å². The number of nitriles is 1. The molecule has 1 aliphatic rings. The molecule has 2 rings (SSSR count). The first-order chi connectivity index (χ1) is 9.42. The molecule has 0 amide bonds. The highest BCUT2D eigenvalue weighted by Gasteiger charge is 2.34. The number of hydrogen-bond acceptors (Lipinski definition) is 5. The van der Waals surface area contributed by atoms with E-state index in [0.717, 1.165) is 10.6 Å². The molecule has 0 aliphatic carbocycles. The van der Waals surface area contributed by atoms with E-state index < -0.39 is 35.5 Å². The summed E-state index contributed by atoms with van der Waals surface area (Å²) in [6.07, 6.45) is -0.678. The number of hydrogen-bond donors (Lipinski definition) is 2. The van der Waals surface area contributed by atoms with Crippen molar-refractivity contribution in [2.24, 2.45) is 0 Å². The summed E-state index contributed by atoms with van der Waals surface area (Å²) in [7, 11) is 0. The fraction of sp³-hybridized carbons (Fsp3) is 0.417. The Labute approximate surface area is 112 Å². The second-order valence-corrected chi connectivity index (χ2v) is 4.46. The lowest BCUT2D eigenvalue weighted by Gasteiger charge is -2.14. The van der Waals surface area contributed by atoms with Crippen molar-refractivity contribution in [3.8, 4) is 6.07 Å². The molecule has 20 heavy (non-hydrogen) atoms. The number of aliphatic hydroxyl groups is 1. The van der Waals surface area contributed by atoms with Crippen LogP contribution in [0.4, 0.5) is 4.39 Å². The second kappa shape index (κ2) is 5.40. The maximum absolute atomic E-state index is 12.9. The van der Waals surface area contributed by atoms with Crippen LogP contribution in [0, 0.1) is 18.3 Å². The number of aromatic amines is 1. The molecule has 106 valence electrons. The van der Waals surface area contributed by atoms with Crippen molar-refractivity contribution >= 4 is 0 Å². The summed E-state index contributed by atoms with van der Waals surface area (Å²) in [6.45, 7) is 1.52. The van der Waals surface area contributed by atoms with Crippen molar-refractivity contribution in [3.63, 3.8) is 0 Å². The van der Waals surface area contributed by atoms with Crippen molar-refractivity contribution in [1.29, 1.82) is 5.26 Å². The van der Waals surface area contributed by atoms with E-state index in [1.807, 2.05) is 0 Å². The van der Waals surface area contributed by atoms with Crippen LogP contribution in [0.3, 0.4) is 0 Å². The summed E-state index contributed by atoms with van der Waals surface area (Å²) in [5.41, 5.74) is -0.871. The summed E-state index contributed by atoms with van der Waals surface area (Å²) >= 11 is 0. The Morgan fingerprint density at radius 1 is 1.70 bits per heavy atom. The van der Waals surface area contributed by atoms with Gasteiger partial charge in [0.05, 0.1) is 6.10 Å². The van der Waals surface area contributed by atoms with Gasteiger partial charge in [0, 0.05) is 18.2 Å². The van der Waals surface area contributed by atoms with E-state index in [0.29, 0.717) is 5.56 Å². The Kier molecular flexibility index (Phi) is 3.83. The molecule has 7 nitrogen and oxygen atoms in total. The molecule has 1 aromatic heterocycles. The Morgan fingerprint density at radius 2 is 2.40 bits per heavy atom. The summed E-state index contributed by atoms with van der Waals surface area (Å²) in [5, 5.41) is 18.1. The molecule has 1 aliphatic heterocycles. The smallest absolute Gasteiger partial charge is 0.330 e. The predicted molar refractivity (Wildman–Crippen MR) is 65.4 cm³/mol. The predicted octanol–water partition coefficient (Wildman–Crippen LogP) is -0.130. The number of allylic oxidation sites excluding steroid dienone is 1. The molecular formula is C12H12FN3O4. The van der Waals surface area contributed by atoms with Crippen molar-refractivity contribution in [2.45, 2.75) is 31.8 Å². The lowest BCUT2D eigenvalue weighted by atomic mass is 10.1. The maximum Gasteiger partial charge on any atom is 0.330 e. The quantitative estimate of drug-likeness (QED) is 0.734. The van der Waals surface area contributed by atoms with E-state index in [1.54, 1.807) is 0 Å². The molecule has 2 N–H and O–H groups in total. The van der Waals surface area contributed by atoms with E-state index in [9.17, 15) is 19.1 Å². The number of nitrogens with zero attached hydrogens (tertiary/aromatic N) is 2. The lowest BCUT2D eigenvalue weighted by Crippen LogP contribution is -2.33. The molecule has 0 aromatic carbocycles. The van der Waals surface area contributed by atoms with Crippen molar-refractivity contribution < 1.29 is 14.2 Å². The van der Waals surface area contributed by atoms with Gasteiger partial charge < -0.3 is 9.84 Å². The zero-order valence-corrected chi connectivity index (χ0v) is 10.5. The summed E-state index contributed by atoms with van der Waals surface area (Å²) < 4.78 is 19.3. The van der Waals surface area contributed by atoms with Gasteiger partial charge in [-0.15, -0.1) is 0 Å². The topological polar surface area (TPSA) is 108 Å². The van der Waals surface area contributed by atoms with Crippen LogP contribution in [0.5, 0.6) is 0 Å². The number of nitrogens with one attached hydrogen (secondary N) is 1. The molecule has 0 radical (unpaired) electrons. The molecule has 3 atom stereocenters. The standard InChI is InChI=1S/C12H12FN3O4/c1-6-5-16(12(19)15-11(6)18)10-3-8(17)9(20-10)2-7(13)4-14/h2,5,8-10,17H,3H2,1H3,(H,15,18,19)/t8-,9+,10+/m0/s1. The average Bonchev–Trinajstić information content (AvgIpc) is 2.75. The van der Waals surface area contributed by atoms with Crippen LogP contribution < -0.4 is 11.2 Å². The van der Waals surface area contributed by atoms with Gasteiger partial charge >= 0.3 is 5.69 Å². The normalized spacial score (nSPS) is 26.5. The van der Waals surface area contributed by atoms with Crippen molar-refractivity contribution in [3.05, 3.63) is 44.5 Å². The number of aromatic nitrogens is 2. The van der Waals surface area contributed by atoms with Crippen molar-refractivity contribution in [2.75, 3.05) is 0 Å². The molecule has 1 fully saturated rings. The van der Waals surface area contributed by atoms with Crippen LogP contribution >= 0.6 is 0 Å². The van der Waals surface area contributed by atoms with E-state index in [4.69, 9.17) is 10.00 Å². The zero-order chi connectivity index (χ0) is 14.9. The number of ether oxygens (including phenoxy) is 1. The zero-order valence-electron chi connectivity index (χ0n) is 10.5. The fourth-order valence-electron chi connectivity index (χ4n) is 1.98.